The molecular formula is C14H20N4O. The Morgan fingerprint density at radius 2 is 2.11 bits per heavy atom. The number of carbonyl (C=O) groups is 1. The van der Waals surface area contributed by atoms with Crippen LogP contribution in [0.5, 0.6) is 0 Å². The van der Waals surface area contributed by atoms with Crippen LogP contribution in [0.15, 0.2) is 12.3 Å². The minimum absolute atomic E-state index is 0.0318. The fraction of sp³-hybridized carbons (Fsp3) is 0.643. The van der Waals surface area contributed by atoms with Crippen molar-refractivity contribution in [1.29, 1.82) is 0 Å². The van der Waals surface area contributed by atoms with E-state index in [4.69, 9.17) is 0 Å². The van der Waals surface area contributed by atoms with Crippen LogP contribution in [0.1, 0.15) is 32.5 Å². The van der Waals surface area contributed by atoms with Crippen molar-refractivity contribution in [2.24, 2.45) is 5.92 Å². The average Bonchev–Trinajstić information content (AvgIpc) is 3.10. The van der Waals surface area contributed by atoms with Crippen molar-refractivity contribution in [2.45, 2.75) is 45.2 Å². The summed E-state index contributed by atoms with van der Waals surface area (Å²) in [4.78, 5) is 24.9. The Balaban J connectivity index is 2.06. The third kappa shape index (κ3) is 1.64. The highest BCUT2D eigenvalue weighted by molar-refractivity contribution is 5.96. The number of likely N-dealkylation sites (N-methyl/N-ethyl adjacent to an activating group) is 1. The van der Waals surface area contributed by atoms with Crippen molar-refractivity contribution in [3.8, 4) is 0 Å². The number of nitrogens with zero attached hydrogens (tertiary/aromatic N) is 4. The lowest BCUT2D eigenvalue weighted by Gasteiger charge is -2.29. The summed E-state index contributed by atoms with van der Waals surface area (Å²) >= 11 is 0. The van der Waals surface area contributed by atoms with Gasteiger partial charge in [0.1, 0.15) is 11.6 Å². The second-order valence-corrected chi connectivity index (χ2v) is 5.97. The molecular weight excluding hydrogens is 240 g/mol. The molecule has 2 heterocycles. The molecule has 0 N–H and O–H groups in total. The van der Waals surface area contributed by atoms with Gasteiger partial charge in [-0.1, -0.05) is 13.8 Å². The highest BCUT2D eigenvalue weighted by Gasteiger charge is 2.64. The Bertz CT molecular complexity index is 524. The average molecular weight is 260 g/mol. The quantitative estimate of drug-likeness (QED) is 0.819. The van der Waals surface area contributed by atoms with Gasteiger partial charge in [0.2, 0.25) is 0 Å². The van der Waals surface area contributed by atoms with Gasteiger partial charge in [-0.25, -0.2) is 14.8 Å². The molecule has 102 valence electrons. The molecule has 2 amide bonds. The smallest absolute Gasteiger partial charge is 0.320 e. The number of urea groups is 1. The van der Waals surface area contributed by atoms with E-state index in [0.717, 1.165) is 18.7 Å². The molecule has 0 unspecified atom stereocenters. The van der Waals surface area contributed by atoms with Crippen LogP contribution in [0.25, 0.3) is 0 Å². The SMILES string of the molecule is Cc1nccc(N2C(=O)N(C)C3(CC3)[C@@H]2C(C)C)n1. The number of aromatic nitrogens is 2. The van der Waals surface area contributed by atoms with Crippen molar-refractivity contribution in [3.63, 3.8) is 0 Å². The summed E-state index contributed by atoms with van der Waals surface area (Å²) in [6.45, 7) is 6.21. The summed E-state index contributed by atoms with van der Waals surface area (Å²) in [6, 6.07) is 2.10. The van der Waals surface area contributed by atoms with Crippen LogP contribution in [-0.4, -0.2) is 39.5 Å². The maximum atomic E-state index is 12.6. The number of anilines is 1. The monoisotopic (exact) mass is 260 g/mol. The highest BCUT2D eigenvalue weighted by atomic mass is 16.2. The molecule has 1 aliphatic heterocycles. The van der Waals surface area contributed by atoms with Crippen LogP contribution in [0.2, 0.25) is 0 Å². The molecule has 0 radical (unpaired) electrons. The number of carbonyl (C=O) groups excluding carboxylic acids is 1. The van der Waals surface area contributed by atoms with Crippen molar-refractivity contribution >= 4 is 11.8 Å². The van der Waals surface area contributed by atoms with E-state index >= 15 is 0 Å². The minimum Gasteiger partial charge on any atom is -0.320 e. The number of rotatable bonds is 2. The van der Waals surface area contributed by atoms with Gasteiger partial charge in [-0.05, 0) is 31.7 Å². The van der Waals surface area contributed by atoms with Crippen molar-refractivity contribution in [3.05, 3.63) is 18.1 Å². The van der Waals surface area contributed by atoms with Gasteiger partial charge in [-0.2, -0.15) is 0 Å². The van der Waals surface area contributed by atoms with Crippen LogP contribution < -0.4 is 4.90 Å². The first kappa shape index (κ1) is 12.4. The Labute approximate surface area is 113 Å². The molecule has 5 heteroatoms. The van der Waals surface area contributed by atoms with Gasteiger partial charge >= 0.3 is 6.03 Å². The van der Waals surface area contributed by atoms with E-state index in [2.05, 4.69) is 23.8 Å². The zero-order valence-corrected chi connectivity index (χ0v) is 11.9. The molecule has 1 atom stereocenters. The molecule has 1 spiro atoms. The summed E-state index contributed by atoms with van der Waals surface area (Å²) in [5.41, 5.74) is 0.0318. The molecule has 1 saturated carbocycles. The molecule has 1 aromatic heterocycles. The van der Waals surface area contributed by atoms with Gasteiger partial charge < -0.3 is 4.90 Å². The fourth-order valence-corrected chi connectivity index (χ4v) is 3.41. The normalized spacial score (nSPS) is 24.7. The second kappa shape index (κ2) is 3.92. The Morgan fingerprint density at radius 3 is 2.63 bits per heavy atom. The molecule has 2 aliphatic rings. The molecule has 0 bridgehead atoms. The maximum absolute atomic E-state index is 12.6. The molecule has 19 heavy (non-hydrogen) atoms. The summed E-state index contributed by atoms with van der Waals surface area (Å²) in [6.07, 6.45) is 3.91. The van der Waals surface area contributed by atoms with E-state index in [1.54, 1.807) is 6.20 Å². The lowest BCUT2D eigenvalue weighted by atomic mass is 9.94. The minimum atomic E-state index is 0.0318. The van der Waals surface area contributed by atoms with E-state index in [1.807, 2.05) is 29.8 Å². The van der Waals surface area contributed by atoms with Crippen molar-refractivity contribution in [1.82, 2.24) is 14.9 Å². The number of hydrogen-bond donors (Lipinski definition) is 0. The predicted molar refractivity (Wildman–Crippen MR) is 73.0 cm³/mol. The fourth-order valence-electron chi connectivity index (χ4n) is 3.41. The maximum Gasteiger partial charge on any atom is 0.326 e. The number of amides is 2. The van der Waals surface area contributed by atoms with Crippen LogP contribution in [0.3, 0.4) is 0 Å². The Kier molecular flexibility index (Phi) is 2.56. The van der Waals surface area contributed by atoms with E-state index in [-0.39, 0.29) is 17.6 Å². The Hall–Kier alpha value is -1.65. The number of hydrogen-bond acceptors (Lipinski definition) is 3. The lowest BCUT2D eigenvalue weighted by Crippen LogP contribution is -2.43. The van der Waals surface area contributed by atoms with E-state index in [1.165, 1.54) is 0 Å². The zero-order valence-electron chi connectivity index (χ0n) is 11.9. The van der Waals surface area contributed by atoms with Gasteiger partial charge in [0.25, 0.3) is 0 Å². The number of aryl methyl sites for hydroxylation is 1. The first-order chi connectivity index (χ1) is 8.97. The van der Waals surface area contributed by atoms with Gasteiger partial charge in [0.05, 0.1) is 11.6 Å². The van der Waals surface area contributed by atoms with E-state index in [9.17, 15) is 4.79 Å². The van der Waals surface area contributed by atoms with Gasteiger partial charge in [0.15, 0.2) is 0 Å². The second-order valence-electron chi connectivity index (χ2n) is 5.97. The first-order valence-electron chi connectivity index (χ1n) is 6.84. The van der Waals surface area contributed by atoms with E-state index < -0.39 is 0 Å². The van der Waals surface area contributed by atoms with Gasteiger partial charge in [-0.3, -0.25) is 4.90 Å². The van der Waals surface area contributed by atoms with Crippen LogP contribution in [0, 0.1) is 12.8 Å². The lowest BCUT2D eigenvalue weighted by molar-refractivity contribution is 0.209. The summed E-state index contributed by atoms with van der Waals surface area (Å²) < 4.78 is 0. The molecule has 1 aromatic rings. The Morgan fingerprint density at radius 1 is 1.42 bits per heavy atom. The standard InChI is InChI=1S/C14H20N4O/c1-9(2)12-14(6-7-14)17(4)13(19)18(12)11-5-8-15-10(3)16-11/h5,8-9,12H,6-7H2,1-4H3/t12-/m0/s1. The zero-order chi connectivity index (χ0) is 13.8. The molecule has 2 fully saturated rings. The van der Waals surface area contributed by atoms with Crippen LogP contribution in [-0.2, 0) is 0 Å². The third-order valence-corrected chi connectivity index (χ3v) is 4.39. The highest BCUT2D eigenvalue weighted by Crippen LogP contribution is 2.53. The van der Waals surface area contributed by atoms with Gasteiger partial charge in [0, 0.05) is 13.2 Å². The summed E-state index contributed by atoms with van der Waals surface area (Å²) in [5, 5.41) is 0. The topological polar surface area (TPSA) is 49.3 Å². The van der Waals surface area contributed by atoms with Crippen LogP contribution >= 0.6 is 0 Å². The van der Waals surface area contributed by atoms with Crippen molar-refractivity contribution < 1.29 is 4.79 Å². The first-order valence-corrected chi connectivity index (χ1v) is 6.84. The van der Waals surface area contributed by atoms with Gasteiger partial charge in [-0.15, -0.1) is 0 Å². The largest absolute Gasteiger partial charge is 0.326 e. The molecule has 5 nitrogen and oxygen atoms in total. The molecule has 1 aliphatic carbocycles. The van der Waals surface area contributed by atoms with Crippen LogP contribution in [0.4, 0.5) is 10.6 Å². The third-order valence-electron chi connectivity index (χ3n) is 4.39. The predicted octanol–water partition coefficient (Wildman–Crippen LogP) is 2.21. The molecule has 1 saturated heterocycles. The van der Waals surface area contributed by atoms with Crippen molar-refractivity contribution in [2.75, 3.05) is 11.9 Å². The van der Waals surface area contributed by atoms with E-state index in [0.29, 0.717) is 11.7 Å². The summed E-state index contributed by atoms with van der Waals surface area (Å²) in [5.74, 6) is 1.84. The molecule has 3 rings (SSSR count). The molecule has 0 aromatic carbocycles. The summed E-state index contributed by atoms with van der Waals surface area (Å²) in [7, 11) is 1.92.